The van der Waals surface area contributed by atoms with Gasteiger partial charge in [-0.25, -0.2) is 8.78 Å². The maximum Gasteiger partial charge on any atom is 0.237 e. The molecule has 0 unspecified atom stereocenters. The van der Waals surface area contributed by atoms with Gasteiger partial charge < -0.3 is 10.6 Å². The van der Waals surface area contributed by atoms with Crippen molar-refractivity contribution >= 4 is 5.91 Å². The van der Waals surface area contributed by atoms with Crippen LogP contribution in [0.2, 0.25) is 0 Å². The van der Waals surface area contributed by atoms with Crippen LogP contribution in [-0.2, 0) is 4.79 Å². The molecule has 2 rings (SSSR count). The van der Waals surface area contributed by atoms with E-state index in [-0.39, 0.29) is 18.5 Å². The SMILES string of the molecule is CC(C)(C#N)[C@H]1CC[C@@H](c2cc(F)cc(F)c2)N1C(=O)CN. The molecule has 0 radical (unpaired) electrons. The van der Waals surface area contributed by atoms with E-state index in [0.717, 1.165) is 6.07 Å². The summed E-state index contributed by atoms with van der Waals surface area (Å²) < 4.78 is 26.9. The van der Waals surface area contributed by atoms with Crippen LogP contribution in [0.3, 0.4) is 0 Å². The molecule has 0 aliphatic carbocycles. The molecule has 1 saturated heterocycles. The predicted octanol–water partition coefficient (Wildman–Crippen LogP) is 2.51. The van der Waals surface area contributed by atoms with E-state index >= 15 is 0 Å². The van der Waals surface area contributed by atoms with Crippen molar-refractivity contribution in [3.8, 4) is 6.07 Å². The van der Waals surface area contributed by atoms with Crippen LogP contribution in [0.4, 0.5) is 8.78 Å². The highest BCUT2D eigenvalue weighted by molar-refractivity contribution is 5.79. The monoisotopic (exact) mass is 307 g/mol. The van der Waals surface area contributed by atoms with E-state index in [1.54, 1.807) is 13.8 Å². The third-order valence-corrected chi connectivity index (χ3v) is 4.24. The number of hydrogen-bond acceptors (Lipinski definition) is 3. The molecule has 1 amide bonds. The first-order valence-electron chi connectivity index (χ1n) is 7.18. The van der Waals surface area contributed by atoms with E-state index in [2.05, 4.69) is 6.07 Å². The summed E-state index contributed by atoms with van der Waals surface area (Å²) in [5.74, 6) is -1.68. The number of carbonyl (C=O) groups excluding carboxylic acids is 1. The van der Waals surface area contributed by atoms with Crippen molar-refractivity contribution in [3.63, 3.8) is 0 Å². The first-order chi connectivity index (χ1) is 10.3. The minimum absolute atomic E-state index is 0.202. The molecule has 118 valence electrons. The summed E-state index contributed by atoms with van der Waals surface area (Å²) in [6, 6.07) is 4.67. The summed E-state index contributed by atoms with van der Waals surface area (Å²) in [6.07, 6.45) is 1.14. The van der Waals surface area contributed by atoms with E-state index < -0.39 is 23.1 Å². The van der Waals surface area contributed by atoms with Crippen molar-refractivity contribution in [1.82, 2.24) is 4.90 Å². The molecule has 1 fully saturated rings. The number of benzene rings is 1. The van der Waals surface area contributed by atoms with Crippen molar-refractivity contribution < 1.29 is 13.6 Å². The smallest absolute Gasteiger partial charge is 0.237 e. The number of carbonyl (C=O) groups is 1. The average Bonchev–Trinajstić information content (AvgIpc) is 2.91. The Kier molecular flexibility index (Phi) is 4.47. The van der Waals surface area contributed by atoms with E-state index in [1.165, 1.54) is 17.0 Å². The Hall–Kier alpha value is -2.00. The van der Waals surface area contributed by atoms with E-state index in [1.807, 2.05) is 0 Å². The van der Waals surface area contributed by atoms with Crippen molar-refractivity contribution in [2.45, 2.75) is 38.8 Å². The zero-order valence-corrected chi connectivity index (χ0v) is 12.6. The van der Waals surface area contributed by atoms with Crippen LogP contribution in [0.1, 0.15) is 38.3 Å². The summed E-state index contributed by atoms with van der Waals surface area (Å²) >= 11 is 0. The number of amides is 1. The number of rotatable bonds is 3. The molecule has 2 N–H and O–H groups in total. The minimum atomic E-state index is -0.758. The average molecular weight is 307 g/mol. The third-order valence-electron chi connectivity index (χ3n) is 4.24. The van der Waals surface area contributed by atoms with Gasteiger partial charge in [-0.05, 0) is 44.4 Å². The van der Waals surface area contributed by atoms with Gasteiger partial charge in [0.25, 0.3) is 0 Å². The molecule has 1 aliphatic rings. The molecule has 1 aliphatic heterocycles. The van der Waals surface area contributed by atoms with Gasteiger partial charge in [0.15, 0.2) is 0 Å². The molecule has 6 heteroatoms. The van der Waals surface area contributed by atoms with Gasteiger partial charge in [-0.1, -0.05) is 0 Å². The van der Waals surface area contributed by atoms with Crippen LogP contribution in [-0.4, -0.2) is 23.4 Å². The lowest BCUT2D eigenvalue weighted by Crippen LogP contribution is -2.47. The lowest BCUT2D eigenvalue weighted by atomic mass is 9.84. The first kappa shape index (κ1) is 16.4. The molecule has 22 heavy (non-hydrogen) atoms. The van der Waals surface area contributed by atoms with Gasteiger partial charge >= 0.3 is 0 Å². The highest BCUT2D eigenvalue weighted by atomic mass is 19.1. The number of hydrogen-bond donors (Lipinski definition) is 1. The summed E-state index contributed by atoms with van der Waals surface area (Å²) in [4.78, 5) is 13.8. The Morgan fingerprint density at radius 3 is 2.45 bits per heavy atom. The van der Waals surface area contributed by atoms with E-state index in [0.29, 0.717) is 18.4 Å². The van der Waals surface area contributed by atoms with Crippen LogP contribution in [0.5, 0.6) is 0 Å². The second-order valence-electron chi connectivity index (χ2n) is 6.15. The van der Waals surface area contributed by atoms with Gasteiger partial charge in [0.05, 0.1) is 30.1 Å². The number of halogens is 2. The fourth-order valence-electron chi connectivity index (χ4n) is 3.14. The predicted molar refractivity (Wildman–Crippen MR) is 77.4 cm³/mol. The number of nitrogens with two attached hydrogens (primary N) is 1. The highest BCUT2D eigenvalue weighted by Crippen LogP contribution is 2.43. The maximum absolute atomic E-state index is 13.5. The fraction of sp³-hybridized carbons (Fsp3) is 0.500. The molecule has 0 aromatic heterocycles. The molecular formula is C16H19F2N3O. The summed E-state index contributed by atoms with van der Waals surface area (Å²) in [5, 5.41) is 9.33. The fourth-order valence-corrected chi connectivity index (χ4v) is 3.14. The molecule has 1 aromatic carbocycles. The summed E-state index contributed by atoms with van der Waals surface area (Å²) in [5.41, 5.74) is 5.12. The van der Waals surface area contributed by atoms with Gasteiger partial charge in [-0.3, -0.25) is 4.79 Å². The molecule has 0 saturated carbocycles. The van der Waals surface area contributed by atoms with Gasteiger partial charge in [0.1, 0.15) is 11.6 Å². The topological polar surface area (TPSA) is 70.1 Å². The summed E-state index contributed by atoms with van der Waals surface area (Å²) in [7, 11) is 0. The molecule has 2 atom stereocenters. The van der Waals surface area contributed by atoms with Gasteiger partial charge in [0.2, 0.25) is 5.91 Å². The van der Waals surface area contributed by atoms with Crippen LogP contribution in [0, 0.1) is 28.4 Å². The third kappa shape index (κ3) is 2.95. The molecule has 4 nitrogen and oxygen atoms in total. The molecule has 1 aromatic rings. The number of nitriles is 1. The van der Waals surface area contributed by atoms with Crippen LogP contribution in [0.15, 0.2) is 18.2 Å². The van der Waals surface area contributed by atoms with Crippen LogP contribution >= 0.6 is 0 Å². The maximum atomic E-state index is 13.5. The molecule has 1 heterocycles. The largest absolute Gasteiger partial charge is 0.330 e. The number of likely N-dealkylation sites (tertiary alicyclic amines) is 1. The minimum Gasteiger partial charge on any atom is -0.330 e. The second-order valence-corrected chi connectivity index (χ2v) is 6.15. The lowest BCUT2D eigenvalue weighted by Gasteiger charge is -2.36. The highest BCUT2D eigenvalue weighted by Gasteiger charge is 2.45. The van der Waals surface area contributed by atoms with Gasteiger partial charge in [-0.2, -0.15) is 5.26 Å². The zero-order valence-electron chi connectivity index (χ0n) is 12.6. The van der Waals surface area contributed by atoms with Crippen molar-refractivity contribution in [3.05, 3.63) is 35.4 Å². The zero-order chi connectivity index (χ0) is 16.5. The summed E-state index contributed by atoms with van der Waals surface area (Å²) in [6.45, 7) is 3.30. The number of nitrogens with zero attached hydrogens (tertiary/aromatic N) is 2. The van der Waals surface area contributed by atoms with Crippen molar-refractivity contribution in [1.29, 1.82) is 5.26 Å². The Morgan fingerprint density at radius 2 is 1.95 bits per heavy atom. The molecule has 0 bridgehead atoms. The van der Waals surface area contributed by atoms with Crippen molar-refractivity contribution in [2.24, 2.45) is 11.1 Å². The Labute approximate surface area is 128 Å². The normalized spacial score (nSPS) is 21.7. The van der Waals surface area contributed by atoms with Crippen molar-refractivity contribution in [2.75, 3.05) is 6.54 Å². The van der Waals surface area contributed by atoms with Crippen LogP contribution < -0.4 is 5.73 Å². The van der Waals surface area contributed by atoms with E-state index in [9.17, 15) is 18.8 Å². The molecular weight excluding hydrogens is 288 g/mol. The van der Waals surface area contributed by atoms with Gasteiger partial charge in [-0.15, -0.1) is 0 Å². The quantitative estimate of drug-likeness (QED) is 0.932. The molecule has 0 spiro atoms. The van der Waals surface area contributed by atoms with Crippen LogP contribution in [0.25, 0.3) is 0 Å². The first-order valence-corrected chi connectivity index (χ1v) is 7.18. The Balaban J connectivity index is 2.43. The standard InChI is InChI=1S/C16H19F2N3O/c1-16(2,9-20)14-4-3-13(21(14)15(22)8-19)10-5-11(17)7-12(18)6-10/h5-7,13-14H,3-4,8,19H2,1-2H3/t13-,14+/m0/s1. The van der Waals surface area contributed by atoms with E-state index in [4.69, 9.17) is 5.73 Å². The van der Waals surface area contributed by atoms with Gasteiger partial charge in [0, 0.05) is 6.07 Å². The Bertz CT molecular complexity index is 604. The lowest BCUT2D eigenvalue weighted by molar-refractivity contribution is -0.134. The second kappa shape index (κ2) is 6.01. The Morgan fingerprint density at radius 1 is 1.36 bits per heavy atom.